The minimum Gasteiger partial charge on any atom is -0.448 e. The van der Waals surface area contributed by atoms with Crippen LogP contribution in [0, 0.1) is 0 Å². The molecule has 1 amide bonds. The molecule has 0 saturated heterocycles. The molecular weight excluding hydrogens is 202 g/mol. The van der Waals surface area contributed by atoms with E-state index in [1.807, 2.05) is 30.3 Å². The Hall–Kier alpha value is -1.22. The van der Waals surface area contributed by atoms with E-state index >= 15 is 0 Å². The van der Waals surface area contributed by atoms with Crippen LogP contribution in [0.25, 0.3) is 0 Å². The molecule has 0 aliphatic heterocycles. The summed E-state index contributed by atoms with van der Waals surface area (Å²) < 4.78 is 4.73. The van der Waals surface area contributed by atoms with Crippen LogP contribution in [0.5, 0.6) is 0 Å². The molecule has 1 aromatic rings. The van der Waals surface area contributed by atoms with Crippen molar-refractivity contribution in [1.82, 2.24) is 5.32 Å². The van der Waals surface area contributed by atoms with Gasteiger partial charge in [0.25, 0.3) is 0 Å². The molecule has 0 radical (unpaired) electrons. The van der Waals surface area contributed by atoms with Gasteiger partial charge in [-0.3, -0.25) is 0 Å². The lowest BCUT2D eigenvalue weighted by Crippen LogP contribution is -2.24. The van der Waals surface area contributed by atoms with Crippen molar-refractivity contribution in [2.24, 2.45) is 0 Å². The minimum absolute atomic E-state index is 0.238. The van der Waals surface area contributed by atoms with Crippen molar-refractivity contribution >= 4 is 17.7 Å². The van der Waals surface area contributed by atoms with Gasteiger partial charge in [-0.2, -0.15) is 0 Å². The van der Waals surface area contributed by atoms with Crippen LogP contribution in [0.15, 0.2) is 30.3 Å². The maximum atomic E-state index is 11.0. The zero-order chi connectivity index (χ0) is 10.2. The second-order valence-corrected chi connectivity index (χ2v) is 3.04. The maximum absolute atomic E-state index is 11.0. The summed E-state index contributed by atoms with van der Waals surface area (Å²) in [6, 6.07) is 9.63. The summed E-state index contributed by atoms with van der Waals surface area (Å²) >= 11 is 5.36. The van der Waals surface area contributed by atoms with Gasteiger partial charge >= 0.3 is 6.09 Å². The summed E-state index contributed by atoms with van der Waals surface area (Å²) in [6.07, 6.45) is -0.436. The SMILES string of the molecule is O=C(NCc1ccccc1)OCCCl. The fourth-order valence-corrected chi connectivity index (χ4v) is 1.03. The average molecular weight is 214 g/mol. The van der Waals surface area contributed by atoms with Gasteiger partial charge in [-0.25, -0.2) is 4.79 Å². The number of rotatable bonds is 4. The van der Waals surface area contributed by atoms with Crippen molar-refractivity contribution in [3.05, 3.63) is 35.9 Å². The molecule has 1 rings (SSSR count). The molecular formula is C10H12ClNO2. The number of hydrogen-bond acceptors (Lipinski definition) is 2. The number of benzene rings is 1. The molecule has 76 valence electrons. The number of hydrogen-bond donors (Lipinski definition) is 1. The molecule has 0 unspecified atom stereocenters. The van der Waals surface area contributed by atoms with Crippen molar-refractivity contribution in [2.75, 3.05) is 12.5 Å². The van der Waals surface area contributed by atoms with E-state index < -0.39 is 6.09 Å². The first-order valence-corrected chi connectivity index (χ1v) is 4.87. The van der Waals surface area contributed by atoms with E-state index in [9.17, 15) is 4.79 Å². The zero-order valence-electron chi connectivity index (χ0n) is 7.70. The third-order valence-corrected chi connectivity index (χ3v) is 1.74. The van der Waals surface area contributed by atoms with Gasteiger partial charge in [0.2, 0.25) is 0 Å². The van der Waals surface area contributed by atoms with Crippen LogP contribution in [-0.2, 0) is 11.3 Å². The van der Waals surface area contributed by atoms with E-state index in [1.165, 1.54) is 0 Å². The molecule has 0 aromatic heterocycles. The lowest BCUT2D eigenvalue weighted by Gasteiger charge is -2.05. The molecule has 1 N–H and O–H groups in total. The molecule has 1 aromatic carbocycles. The number of alkyl halides is 1. The molecule has 3 nitrogen and oxygen atoms in total. The molecule has 0 aliphatic carbocycles. The molecule has 0 spiro atoms. The van der Waals surface area contributed by atoms with E-state index in [-0.39, 0.29) is 6.61 Å². The third kappa shape index (κ3) is 4.14. The third-order valence-electron chi connectivity index (χ3n) is 1.59. The first-order valence-electron chi connectivity index (χ1n) is 4.33. The minimum atomic E-state index is -0.436. The Bertz CT molecular complexity index is 277. The summed E-state index contributed by atoms with van der Waals surface area (Å²) in [7, 11) is 0. The van der Waals surface area contributed by atoms with Gasteiger partial charge in [-0.1, -0.05) is 30.3 Å². The standard InChI is InChI=1S/C10H12ClNO2/c11-6-7-14-10(13)12-8-9-4-2-1-3-5-9/h1-5H,6-8H2,(H,12,13). The van der Waals surface area contributed by atoms with Gasteiger partial charge in [0.1, 0.15) is 6.61 Å². The highest BCUT2D eigenvalue weighted by Gasteiger charge is 1.99. The van der Waals surface area contributed by atoms with Crippen LogP contribution >= 0.6 is 11.6 Å². The summed E-state index contributed by atoms with van der Waals surface area (Å²) in [5, 5.41) is 2.61. The molecule has 0 aliphatic rings. The summed E-state index contributed by atoms with van der Waals surface area (Å²) in [4.78, 5) is 11.0. The largest absolute Gasteiger partial charge is 0.448 e. The van der Waals surface area contributed by atoms with E-state index in [4.69, 9.17) is 16.3 Å². The highest BCUT2D eigenvalue weighted by Crippen LogP contribution is 1.97. The van der Waals surface area contributed by atoms with Crippen molar-refractivity contribution < 1.29 is 9.53 Å². The molecule has 0 heterocycles. The smallest absolute Gasteiger partial charge is 0.407 e. The highest BCUT2D eigenvalue weighted by atomic mass is 35.5. The summed E-state index contributed by atoms with van der Waals surface area (Å²) in [5.74, 6) is 0.318. The first kappa shape index (κ1) is 10.9. The average Bonchev–Trinajstić information content (AvgIpc) is 2.25. The van der Waals surface area contributed by atoms with E-state index in [1.54, 1.807) is 0 Å². The van der Waals surface area contributed by atoms with Gasteiger partial charge in [0, 0.05) is 6.54 Å². The van der Waals surface area contributed by atoms with Crippen molar-refractivity contribution in [3.8, 4) is 0 Å². The molecule has 4 heteroatoms. The summed E-state index contributed by atoms with van der Waals surface area (Å²) in [6.45, 7) is 0.712. The number of alkyl carbamates (subject to hydrolysis) is 1. The van der Waals surface area contributed by atoms with E-state index in [0.717, 1.165) is 5.56 Å². The number of carbonyl (C=O) groups excluding carboxylic acids is 1. The predicted molar refractivity (Wildman–Crippen MR) is 55.3 cm³/mol. The fraction of sp³-hybridized carbons (Fsp3) is 0.300. The Balaban J connectivity index is 2.24. The van der Waals surface area contributed by atoms with Gasteiger partial charge in [0.15, 0.2) is 0 Å². The molecule has 14 heavy (non-hydrogen) atoms. The van der Waals surface area contributed by atoms with Crippen LogP contribution < -0.4 is 5.32 Å². The van der Waals surface area contributed by atoms with Crippen LogP contribution in [0.1, 0.15) is 5.56 Å². The van der Waals surface area contributed by atoms with Crippen molar-refractivity contribution in [2.45, 2.75) is 6.54 Å². The Morgan fingerprint density at radius 2 is 2.07 bits per heavy atom. The van der Waals surface area contributed by atoms with Gasteiger partial charge in [-0.15, -0.1) is 11.6 Å². The second-order valence-electron chi connectivity index (χ2n) is 2.66. The van der Waals surface area contributed by atoms with Gasteiger partial charge in [-0.05, 0) is 5.56 Å². The van der Waals surface area contributed by atoms with Crippen LogP contribution in [-0.4, -0.2) is 18.6 Å². The van der Waals surface area contributed by atoms with E-state index in [2.05, 4.69) is 5.32 Å². The lowest BCUT2D eigenvalue weighted by molar-refractivity contribution is 0.152. The first-order chi connectivity index (χ1) is 6.83. The van der Waals surface area contributed by atoms with Crippen LogP contribution in [0.4, 0.5) is 4.79 Å². The highest BCUT2D eigenvalue weighted by molar-refractivity contribution is 6.18. The topological polar surface area (TPSA) is 38.3 Å². The van der Waals surface area contributed by atoms with Crippen molar-refractivity contribution in [1.29, 1.82) is 0 Å². The second kappa shape index (κ2) is 6.27. The van der Waals surface area contributed by atoms with E-state index in [0.29, 0.717) is 12.4 Å². The Labute approximate surface area is 88.0 Å². The fourth-order valence-electron chi connectivity index (χ4n) is 0.952. The Morgan fingerprint density at radius 3 is 2.71 bits per heavy atom. The van der Waals surface area contributed by atoms with Crippen LogP contribution in [0.3, 0.4) is 0 Å². The molecule has 0 bridgehead atoms. The zero-order valence-corrected chi connectivity index (χ0v) is 8.46. The number of halogens is 1. The number of amides is 1. The quantitative estimate of drug-likeness (QED) is 0.779. The monoisotopic (exact) mass is 213 g/mol. The maximum Gasteiger partial charge on any atom is 0.407 e. The Kier molecular flexibility index (Phi) is 4.86. The Morgan fingerprint density at radius 1 is 1.36 bits per heavy atom. The number of ether oxygens (including phenoxy) is 1. The van der Waals surface area contributed by atoms with Gasteiger partial charge < -0.3 is 10.1 Å². The number of nitrogens with one attached hydrogen (secondary N) is 1. The molecule has 0 saturated carbocycles. The lowest BCUT2D eigenvalue weighted by atomic mass is 10.2. The molecule has 0 atom stereocenters. The normalized spacial score (nSPS) is 9.50. The number of carbonyl (C=O) groups is 1. The van der Waals surface area contributed by atoms with Crippen molar-refractivity contribution in [3.63, 3.8) is 0 Å². The van der Waals surface area contributed by atoms with Gasteiger partial charge in [0.05, 0.1) is 5.88 Å². The molecule has 0 fully saturated rings. The summed E-state index contributed by atoms with van der Waals surface area (Å²) in [5.41, 5.74) is 1.04. The predicted octanol–water partition coefficient (Wildman–Crippen LogP) is 2.15. The van der Waals surface area contributed by atoms with Crippen LogP contribution in [0.2, 0.25) is 0 Å².